The lowest BCUT2D eigenvalue weighted by Gasteiger charge is -2.29. The van der Waals surface area contributed by atoms with Gasteiger partial charge in [-0.2, -0.15) is 4.31 Å². The van der Waals surface area contributed by atoms with E-state index in [9.17, 15) is 22.4 Å². The third-order valence-electron chi connectivity index (χ3n) is 5.18. The average molecular weight is 437 g/mol. The molecular weight excluding hydrogens is 411 g/mol. The van der Waals surface area contributed by atoms with Gasteiger partial charge in [0.2, 0.25) is 15.9 Å². The van der Waals surface area contributed by atoms with Gasteiger partial charge in [-0.15, -0.1) is 0 Å². The van der Waals surface area contributed by atoms with Crippen LogP contribution in [0.5, 0.6) is 0 Å². The van der Waals surface area contributed by atoms with Gasteiger partial charge in [-0.25, -0.2) is 12.8 Å². The van der Waals surface area contributed by atoms with Crippen LogP contribution in [0.1, 0.15) is 30.3 Å². The smallest absolute Gasteiger partial charge is 0.270 e. The maximum Gasteiger partial charge on any atom is 0.270 e. The van der Waals surface area contributed by atoms with Crippen LogP contribution in [-0.4, -0.2) is 61.1 Å². The molecule has 1 aromatic heterocycles. The first kappa shape index (κ1) is 22.0. The molecule has 2 aromatic rings. The molecule has 0 spiro atoms. The minimum absolute atomic E-state index is 0.0290. The number of anilines is 1. The van der Waals surface area contributed by atoms with Crippen molar-refractivity contribution in [3.05, 3.63) is 48.0 Å². The number of benzene rings is 1. The number of likely N-dealkylation sites (tertiary alicyclic amines) is 1. The molecular formula is C20H25FN4O4S. The van der Waals surface area contributed by atoms with E-state index < -0.39 is 28.3 Å². The van der Waals surface area contributed by atoms with Crippen molar-refractivity contribution in [2.24, 2.45) is 5.92 Å². The van der Waals surface area contributed by atoms with E-state index in [1.807, 2.05) is 0 Å². The number of piperidine rings is 1. The molecule has 0 unspecified atom stereocenters. The summed E-state index contributed by atoms with van der Waals surface area (Å²) in [5, 5.41) is 2.35. The van der Waals surface area contributed by atoms with E-state index in [4.69, 9.17) is 0 Å². The van der Waals surface area contributed by atoms with E-state index in [-0.39, 0.29) is 22.2 Å². The number of carbonyl (C=O) groups excluding carboxylic acids is 2. The van der Waals surface area contributed by atoms with Crippen LogP contribution in [0.2, 0.25) is 0 Å². The Morgan fingerprint density at radius 3 is 2.60 bits per heavy atom. The number of aromatic nitrogens is 1. The number of nitrogens with one attached hydrogen (secondary N) is 2. The van der Waals surface area contributed by atoms with E-state index in [1.165, 1.54) is 37.5 Å². The maximum atomic E-state index is 13.7. The predicted molar refractivity (Wildman–Crippen MR) is 110 cm³/mol. The molecule has 1 fully saturated rings. The number of nitrogens with zero attached hydrogens (tertiary/aromatic N) is 2. The van der Waals surface area contributed by atoms with Crippen LogP contribution in [-0.2, 0) is 14.8 Å². The molecule has 2 amide bonds. The molecule has 2 heterocycles. The second-order valence-electron chi connectivity index (χ2n) is 7.51. The summed E-state index contributed by atoms with van der Waals surface area (Å²) in [5.41, 5.74) is 0.158. The molecule has 3 rings (SSSR count). The topological polar surface area (TPSA) is 103 Å². The highest BCUT2D eigenvalue weighted by molar-refractivity contribution is 7.89. The molecule has 0 atom stereocenters. The number of halogens is 1. The monoisotopic (exact) mass is 436 g/mol. The Kier molecular flexibility index (Phi) is 6.57. The lowest BCUT2D eigenvalue weighted by molar-refractivity contribution is -0.116. The van der Waals surface area contributed by atoms with Crippen LogP contribution in [0.15, 0.2) is 41.4 Å². The molecule has 1 aromatic carbocycles. The van der Waals surface area contributed by atoms with Crippen molar-refractivity contribution < 1.29 is 22.4 Å². The van der Waals surface area contributed by atoms with E-state index in [0.717, 1.165) is 17.1 Å². The number of hydrogen-bond acceptors (Lipinski definition) is 4. The van der Waals surface area contributed by atoms with Crippen LogP contribution in [0, 0.1) is 11.7 Å². The van der Waals surface area contributed by atoms with E-state index >= 15 is 0 Å². The third kappa shape index (κ3) is 4.88. The number of H-pyrrole nitrogens is 1. The van der Waals surface area contributed by atoms with E-state index in [1.54, 1.807) is 11.0 Å². The Morgan fingerprint density at radius 1 is 1.27 bits per heavy atom. The summed E-state index contributed by atoms with van der Waals surface area (Å²) >= 11 is 0. The zero-order valence-electron chi connectivity index (χ0n) is 16.9. The first-order valence-electron chi connectivity index (χ1n) is 9.67. The SMILES string of the molecule is CC1CCN(C(=O)c2cc(S(=O)(=O)N(C)CC(=O)Nc3ccccc3F)c[nH]2)CC1. The summed E-state index contributed by atoms with van der Waals surface area (Å²) in [6.45, 7) is 2.91. The van der Waals surface area contributed by atoms with Crippen molar-refractivity contribution in [2.45, 2.75) is 24.7 Å². The van der Waals surface area contributed by atoms with Crippen LogP contribution >= 0.6 is 0 Å². The molecule has 162 valence electrons. The summed E-state index contributed by atoms with van der Waals surface area (Å²) in [5.74, 6) is -0.973. The summed E-state index contributed by atoms with van der Waals surface area (Å²) in [6.07, 6.45) is 3.06. The Hall–Kier alpha value is -2.72. The second-order valence-corrected chi connectivity index (χ2v) is 9.56. The summed E-state index contributed by atoms with van der Waals surface area (Å²) in [4.78, 5) is 29.1. The summed E-state index contributed by atoms with van der Waals surface area (Å²) in [7, 11) is -2.77. The van der Waals surface area contributed by atoms with Gasteiger partial charge in [0.1, 0.15) is 16.4 Å². The van der Waals surface area contributed by atoms with Gasteiger partial charge in [-0.1, -0.05) is 19.1 Å². The fourth-order valence-corrected chi connectivity index (χ4v) is 4.37. The molecule has 2 N–H and O–H groups in total. The van der Waals surface area contributed by atoms with Gasteiger partial charge in [-0.05, 0) is 37.0 Å². The molecule has 8 nitrogen and oxygen atoms in total. The molecule has 1 aliphatic heterocycles. The number of carbonyl (C=O) groups is 2. The molecule has 0 aliphatic carbocycles. The number of sulfonamides is 1. The first-order chi connectivity index (χ1) is 14.2. The fourth-order valence-electron chi connectivity index (χ4n) is 3.25. The quantitative estimate of drug-likeness (QED) is 0.725. The Morgan fingerprint density at radius 2 is 1.93 bits per heavy atom. The number of para-hydroxylation sites is 1. The highest BCUT2D eigenvalue weighted by atomic mass is 32.2. The van der Waals surface area contributed by atoms with Crippen molar-refractivity contribution >= 4 is 27.5 Å². The van der Waals surface area contributed by atoms with Gasteiger partial charge in [0.25, 0.3) is 5.91 Å². The van der Waals surface area contributed by atoms with Gasteiger partial charge >= 0.3 is 0 Å². The average Bonchev–Trinajstić information content (AvgIpc) is 3.21. The Balaban J connectivity index is 1.65. The fraction of sp³-hybridized carbons (Fsp3) is 0.400. The lowest BCUT2D eigenvalue weighted by Crippen LogP contribution is -2.38. The van der Waals surface area contributed by atoms with Gasteiger partial charge in [0, 0.05) is 26.3 Å². The lowest BCUT2D eigenvalue weighted by atomic mass is 9.99. The molecule has 30 heavy (non-hydrogen) atoms. The molecule has 0 radical (unpaired) electrons. The number of hydrogen-bond donors (Lipinski definition) is 2. The van der Waals surface area contributed by atoms with E-state index in [0.29, 0.717) is 19.0 Å². The van der Waals surface area contributed by atoms with Crippen LogP contribution in [0.25, 0.3) is 0 Å². The maximum absolute atomic E-state index is 13.7. The minimum Gasteiger partial charge on any atom is -0.356 e. The number of aromatic amines is 1. The minimum atomic E-state index is -4.01. The normalized spacial score (nSPS) is 15.4. The second kappa shape index (κ2) is 8.97. The van der Waals surface area contributed by atoms with Crippen molar-refractivity contribution in [3.8, 4) is 0 Å². The van der Waals surface area contributed by atoms with Crippen LogP contribution in [0.4, 0.5) is 10.1 Å². The largest absolute Gasteiger partial charge is 0.356 e. The van der Waals surface area contributed by atoms with Gasteiger partial charge in [0.05, 0.1) is 12.2 Å². The molecule has 1 saturated heterocycles. The van der Waals surface area contributed by atoms with Crippen molar-refractivity contribution in [2.75, 3.05) is 32.0 Å². The van der Waals surface area contributed by atoms with Gasteiger partial charge in [-0.3, -0.25) is 9.59 Å². The zero-order valence-corrected chi connectivity index (χ0v) is 17.7. The molecule has 0 saturated carbocycles. The molecule has 0 bridgehead atoms. The number of likely N-dealkylation sites (N-methyl/N-ethyl adjacent to an activating group) is 1. The van der Waals surface area contributed by atoms with Crippen molar-refractivity contribution in [3.63, 3.8) is 0 Å². The summed E-state index contributed by atoms with van der Waals surface area (Å²) < 4.78 is 40.0. The summed E-state index contributed by atoms with van der Waals surface area (Å²) in [6, 6.07) is 6.89. The van der Waals surface area contributed by atoms with Gasteiger partial charge in [0.15, 0.2) is 0 Å². The highest BCUT2D eigenvalue weighted by Crippen LogP contribution is 2.21. The van der Waals surface area contributed by atoms with Crippen molar-refractivity contribution in [1.82, 2.24) is 14.2 Å². The zero-order chi connectivity index (χ0) is 21.9. The first-order valence-corrected chi connectivity index (χ1v) is 11.1. The Bertz CT molecular complexity index is 1030. The highest BCUT2D eigenvalue weighted by Gasteiger charge is 2.27. The van der Waals surface area contributed by atoms with Gasteiger partial charge < -0.3 is 15.2 Å². The van der Waals surface area contributed by atoms with Crippen molar-refractivity contribution in [1.29, 1.82) is 0 Å². The standard InChI is InChI=1S/C20H25FN4O4S/c1-14-7-9-25(10-8-14)20(27)18-11-15(12-22-18)30(28,29)24(2)13-19(26)23-17-6-4-3-5-16(17)21/h3-6,11-12,14,22H,7-10,13H2,1-2H3,(H,23,26). The third-order valence-corrected chi connectivity index (χ3v) is 6.96. The number of rotatable bonds is 6. The van der Waals surface area contributed by atoms with Crippen LogP contribution < -0.4 is 5.32 Å². The van der Waals surface area contributed by atoms with Crippen LogP contribution in [0.3, 0.4) is 0 Å². The van der Waals surface area contributed by atoms with E-state index in [2.05, 4.69) is 17.2 Å². The number of amides is 2. The molecule has 1 aliphatic rings. The Labute approximate surface area is 175 Å². The molecule has 10 heteroatoms. The predicted octanol–water partition coefficient (Wildman–Crippen LogP) is 2.29.